The third-order valence-electron chi connectivity index (χ3n) is 4.61. The summed E-state index contributed by atoms with van der Waals surface area (Å²) < 4.78 is 0. The molecule has 0 spiro atoms. The number of hydrogen-bond donors (Lipinski definition) is 2. The molecule has 1 aromatic heterocycles. The van der Waals surface area contributed by atoms with Crippen LogP contribution >= 0.6 is 23.7 Å². The SMILES string of the molecule is CC(NC(=O)c1cccs1)C(=O)N1CCC(N2CCNCC2)C1.Cl. The first kappa shape index (κ1) is 19.2. The van der Waals surface area contributed by atoms with E-state index in [9.17, 15) is 9.59 Å². The van der Waals surface area contributed by atoms with Gasteiger partial charge < -0.3 is 15.5 Å². The van der Waals surface area contributed by atoms with E-state index in [1.165, 1.54) is 11.3 Å². The van der Waals surface area contributed by atoms with Crippen LogP contribution in [0.4, 0.5) is 0 Å². The Bertz CT molecular complexity index is 548. The van der Waals surface area contributed by atoms with E-state index >= 15 is 0 Å². The number of hydrogen-bond acceptors (Lipinski definition) is 5. The third kappa shape index (κ3) is 4.47. The zero-order valence-corrected chi connectivity index (χ0v) is 15.5. The van der Waals surface area contributed by atoms with Gasteiger partial charge in [-0.15, -0.1) is 23.7 Å². The largest absolute Gasteiger partial charge is 0.340 e. The average Bonchev–Trinajstić information content (AvgIpc) is 3.26. The van der Waals surface area contributed by atoms with Gasteiger partial charge in [0.25, 0.3) is 5.91 Å². The van der Waals surface area contributed by atoms with Crippen molar-refractivity contribution in [1.82, 2.24) is 20.4 Å². The van der Waals surface area contributed by atoms with Crippen LogP contribution < -0.4 is 10.6 Å². The molecule has 2 N–H and O–H groups in total. The number of nitrogens with zero attached hydrogens (tertiary/aromatic N) is 2. The molecule has 6 nitrogen and oxygen atoms in total. The summed E-state index contributed by atoms with van der Waals surface area (Å²) in [5, 5.41) is 8.03. The van der Waals surface area contributed by atoms with E-state index < -0.39 is 6.04 Å². The summed E-state index contributed by atoms with van der Waals surface area (Å²) >= 11 is 1.39. The quantitative estimate of drug-likeness (QED) is 0.820. The Morgan fingerprint density at radius 1 is 1.33 bits per heavy atom. The van der Waals surface area contributed by atoms with Gasteiger partial charge in [-0.05, 0) is 24.8 Å². The highest BCUT2D eigenvalue weighted by molar-refractivity contribution is 7.12. The molecule has 3 heterocycles. The van der Waals surface area contributed by atoms with Gasteiger partial charge in [-0.2, -0.15) is 0 Å². The number of piperazine rings is 1. The lowest BCUT2D eigenvalue weighted by Crippen LogP contribution is -2.50. The first-order valence-electron chi connectivity index (χ1n) is 8.23. The lowest BCUT2D eigenvalue weighted by molar-refractivity contribution is -0.131. The molecule has 0 saturated carbocycles. The van der Waals surface area contributed by atoms with Gasteiger partial charge in [0.1, 0.15) is 6.04 Å². The first-order chi connectivity index (χ1) is 11.1. The Morgan fingerprint density at radius 3 is 2.75 bits per heavy atom. The van der Waals surface area contributed by atoms with Gasteiger partial charge in [0.15, 0.2) is 0 Å². The van der Waals surface area contributed by atoms with Gasteiger partial charge in [0.2, 0.25) is 5.91 Å². The number of nitrogens with one attached hydrogen (secondary N) is 2. The van der Waals surface area contributed by atoms with Crippen molar-refractivity contribution in [2.45, 2.75) is 25.4 Å². The van der Waals surface area contributed by atoms with E-state index in [0.717, 1.165) is 45.7 Å². The van der Waals surface area contributed by atoms with Gasteiger partial charge >= 0.3 is 0 Å². The van der Waals surface area contributed by atoms with Crippen molar-refractivity contribution >= 4 is 35.6 Å². The molecule has 2 aliphatic rings. The van der Waals surface area contributed by atoms with Crippen molar-refractivity contribution in [3.05, 3.63) is 22.4 Å². The molecule has 2 amide bonds. The molecule has 2 unspecified atom stereocenters. The smallest absolute Gasteiger partial charge is 0.261 e. The summed E-state index contributed by atoms with van der Waals surface area (Å²) in [7, 11) is 0. The van der Waals surface area contributed by atoms with Gasteiger partial charge in [0.05, 0.1) is 4.88 Å². The normalized spacial score (nSPS) is 22.7. The molecule has 0 aliphatic carbocycles. The van der Waals surface area contributed by atoms with E-state index in [0.29, 0.717) is 10.9 Å². The molecule has 0 aromatic carbocycles. The highest BCUT2D eigenvalue weighted by Gasteiger charge is 2.33. The van der Waals surface area contributed by atoms with E-state index in [1.54, 1.807) is 13.0 Å². The van der Waals surface area contributed by atoms with Crippen LogP contribution in [0.25, 0.3) is 0 Å². The summed E-state index contributed by atoms with van der Waals surface area (Å²) in [6.45, 7) is 7.49. The first-order valence-corrected chi connectivity index (χ1v) is 9.11. The zero-order chi connectivity index (χ0) is 16.2. The Labute approximate surface area is 153 Å². The lowest BCUT2D eigenvalue weighted by atomic mass is 10.2. The van der Waals surface area contributed by atoms with Crippen LogP contribution in [0.3, 0.4) is 0 Å². The minimum atomic E-state index is -0.480. The minimum Gasteiger partial charge on any atom is -0.340 e. The highest BCUT2D eigenvalue weighted by Crippen LogP contribution is 2.17. The molecule has 2 atom stereocenters. The minimum absolute atomic E-state index is 0. The Hall–Kier alpha value is -1.15. The fourth-order valence-electron chi connectivity index (χ4n) is 3.30. The topological polar surface area (TPSA) is 64.7 Å². The molecule has 2 fully saturated rings. The van der Waals surface area contributed by atoms with E-state index in [1.807, 2.05) is 16.3 Å². The maximum absolute atomic E-state index is 12.6. The number of rotatable bonds is 4. The number of halogens is 1. The molecule has 0 radical (unpaired) electrons. The third-order valence-corrected chi connectivity index (χ3v) is 5.47. The van der Waals surface area contributed by atoms with E-state index in [2.05, 4.69) is 15.5 Å². The second-order valence-corrected chi connectivity index (χ2v) is 7.13. The lowest BCUT2D eigenvalue weighted by Gasteiger charge is -2.32. The van der Waals surface area contributed by atoms with Crippen LogP contribution in [-0.2, 0) is 4.79 Å². The van der Waals surface area contributed by atoms with Gasteiger partial charge in [0, 0.05) is 45.3 Å². The van der Waals surface area contributed by atoms with Crippen molar-refractivity contribution in [2.24, 2.45) is 0 Å². The van der Waals surface area contributed by atoms with Gasteiger partial charge in [-0.25, -0.2) is 0 Å². The average molecular weight is 373 g/mol. The van der Waals surface area contributed by atoms with Crippen LogP contribution in [0.15, 0.2) is 17.5 Å². The van der Waals surface area contributed by atoms with Crippen LogP contribution in [0.5, 0.6) is 0 Å². The summed E-state index contributed by atoms with van der Waals surface area (Å²) in [5.41, 5.74) is 0. The molecule has 24 heavy (non-hydrogen) atoms. The number of carbonyl (C=O) groups excluding carboxylic acids is 2. The molecule has 2 saturated heterocycles. The molecule has 0 bridgehead atoms. The summed E-state index contributed by atoms with van der Waals surface area (Å²) in [6.07, 6.45) is 1.03. The van der Waals surface area contributed by atoms with Crippen LogP contribution in [-0.4, -0.2) is 73.0 Å². The van der Waals surface area contributed by atoms with Crippen LogP contribution in [0, 0.1) is 0 Å². The summed E-state index contributed by atoms with van der Waals surface area (Å²) in [4.78, 5) is 29.6. The van der Waals surface area contributed by atoms with Gasteiger partial charge in [-0.3, -0.25) is 14.5 Å². The maximum atomic E-state index is 12.6. The number of amides is 2. The molecular formula is C16H25ClN4O2S. The van der Waals surface area contributed by atoms with Gasteiger partial charge in [-0.1, -0.05) is 6.07 Å². The fourth-order valence-corrected chi connectivity index (χ4v) is 3.93. The Morgan fingerprint density at radius 2 is 2.08 bits per heavy atom. The Balaban J connectivity index is 0.00000208. The zero-order valence-electron chi connectivity index (χ0n) is 13.9. The predicted molar refractivity (Wildman–Crippen MR) is 97.9 cm³/mol. The molecule has 3 rings (SSSR count). The molecule has 2 aliphatic heterocycles. The van der Waals surface area contributed by atoms with Crippen LogP contribution in [0.2, 0.25) is 0 Å². The van der Waals surface area contributed by atoms with Crippen molar-refractivity contribution in [1.29, 1.82) is 0 Å². The number of carbonyl (C=O) groups is 2. The van der Waals surface area contributed by atoms with E-state index in [4.69, 9.17) is 0 Å². The standard InChI is InChI=1S/C16H24N4O2S.ClH/c1-12(18-15(21)14-3-2-10-23-14)16(22)20-7-4-13(11-20)19-8-5-17-6-9-19;/h2-3,10,12-13,17H,4-9,11H2,1H3,(H,18,21);1H. The maximum Gasteiger partial charge on any atom is 0.261 e. The van der Waals surface area contributed by atoms with Crippen molar-refractivity contribution in [3.8, 4) is 0 Å². The second kappa shape index (κ2) is 8.80. The molecule has 8 heteroatoms. The molecular weight excluding hydrogens is 348 g/mol. The molecule has 134 valence electrons. The van der Waals surface area contributed by atoms with Crippen molar-refractivity contribution in [2.75, 3.05) is 39.3 Å². The number of likely N-dealkylation sites (tertiary alicyclic amines) is 1. The Kier molecular flexibility index (Phi) is 7.03. The predicted octanol–water partition coefficient (Wildman–Crippen LogP) is 0.794. The van der Waals surface area contributed by atoms with Crippen molar-refractivity contribution < 1.29 is 9.59 Å². The summed E-state index contributed by atoms with van der Waals surface area (Å²) in [6, 6.07) is 3.59. The second-order valence-electron chi connectivity index (χ2n) is 6.19. The fraction of sp³-hybridized carbons (Fsp3) is 0.625. The molecule has 1 aromatic rings. The monoisotopic (exact) mass is 372 g/mol. The van der Waals surface area contributed by atoms with Crippen LogP contribution in [0.1, 0.15) is 23.0 Å². The summed E-state index contributed by atoms with van der Waals surface area (Å²) in [5.74, 6) is -0.147. The van der Waals surface area contributed by atoms with E-state index in [-0.39, 0.29) is 24.2 Å². The number of thiophene rings is 1. The highest BCUT2D eigenvalue weighted by atomic mass is 35.5. The van der Waals surface area contributed by atoms with Crippen molar-refractivity contribution in [3.63, 3.8) is 0 Å².